The summed E-state index contributed by atoms with van der Waals surface area (Å²) in [7, 11) is 0. The van der Waals surface area contributed by atoms with E-state index in [1.54, 1.807) is 56.3 Å². The van der Waals surface area contributed by atoms with Gasteiger partial charge in [0.15, 0.2) is 17.5 Å². The van der Waals surface area contributed by atoms with Crippen LogP contribution in [0.3, 0.4) is 0 Å². The SMILES string of the molecule is C=CCOc1c(Cl)cc(C=NNC(=O)COc2ccccc2[C@@H]2NC(=S)NC(C)=C2C(=O)OCC)cc1Br. The fraction of sp³-hybridized carbons (Fsp3) is 0.231. The number of esters is 1. The number of amides is 1. The lowest BCUT2D eigenvalue weighted by atomic mass is 9.95. The van der Waals surface area contributed by atoms with Crippen LogP contribution < -0.4 is 25.5 Å². The van der Waals surface area contributed by atoms with Crippen molar-refractivity contribution in [3.8, 4) is 11.5 Å². The number of hydrogen-bond acceptors (Lipinski definition) is 7. The fourth-order valence-corrected chi connectivity index (χ4v) is 4.81. The van der Waals surface area contributed by atoms with Crippen LogP contribution >= 0.6 is 39.7 Å². The van der Waals surface area contributed by atoms with Crippen molar-refractivity contribution >= 4 is 63.0 Å². The number of allylic oxidation sites excluding steroid dienone is 1. The molecule has 0 spiro atoms. The summed E-state index contributed by atoms with van der Waals surface area (Å²) in [6, 6.07) is 9.83. The average molecular weight is 622 g/mol. The zero-order valence-electron chi connectivity index (χ0n) is 20.7. The Bertz CT molecular complexity index is 1280. The molecule has 200 valence electrons. The Balaban J connectivity index is 1.68. The maximum atomic E-state index is 12.7. The number of carbonyl (C=O) groups is 2. The summed E-state index contributed by atoms with van der Waals surface area (Å²) in [5.41, 5.74) is 4.62. The van der Waals surface area contributed by atoms with Crippen molar-refractivity contribution in [3.05, 3.63) is 80.9 Å². The molecule has 1 heterocycles. The number of nitrogens with zero attached hydrogens (tertiary/aromatic N) is 1. The summed E-state index contributed by atoms with van der Waals surface area (Å²) in [5.74, 6) is -0.0843. The molecule has 3 N–H and O–H groups in total. The molecule has 3 rings (SSSR count). The molecule has 0 saturated heterocycles. The van der Waals surface area contributed by atoms with Gasteiger partial charge in [0.05, 0.1) is 33.9 Å². The standard InChI is InChI=1S/C26H26BrClN4O5S/c1-4-10-36-24-18(27)11-16(12-19(24)28)13-29-32-21(33)14-37-20-9-7-6-8-17(20)23-22(25(34)35-5-2)15(3)30-26(38)31-23/h4,6-9,11-13,23H,1,5,10,14H2,2-3H3,(H,32,33)(H2,30,31,38)/t23-/m0/s1. The predicted molar refractivity (Wildman–Crippen MR) is 153 cm³/mol. The van der Waals surface area contributed by atoms with E-state index < -0.39 is 17.9 Å². The molecule has 0 radical (unpaired) electrons. The fourth-order valence-electron chi connectivity index (χ4n) is 3.55. The summed E-state index contributed by atoms with van der Waals surface area (Å²) in [6.45, 7) is 7.30. The van der Waals surface area contributed by atoms with E-state index in [1.165, 1.54) is 6.21 Å². The van der Waals surface area contributed by atoms with Gasteiger partial charge in [-0.1, -0.05) is 42.5 Å². The highest BCUT2D eigenvalue weighted by Gasteiger charge is 2.32. The first-order valence-corrected chi connectivity index (χ1v) is 13.0. The van der Waals surface area contributed by atoms with Gasteiger partial charge in [-0.2, -0.15) is 5.10 Å². The van der Waals surface area contributed by atoms with E-state index in [2.05, 4.69) is 43.7 Å². The molecule has 1 atom stereocenters. The van der Waals surface area contributed by atoms with Crippen LogP contribution in [-0.4, -0.2) is 43.0 Å². The van der Waals surface area contributed by atoms with Gasteiger partial charge < -0.3 is 24.8 Å². The maximum Gasteiger partial charge on any atom is 0.338 e. The van der Waals surface area contributed by atoms with Crippen LogP contribution in [-0.2, 0) is 14.3 Å². The monoisotopic (exact) mass is 620 g/mol. The second-order valence-corrected chi connectivity index (χ2v) is 9.49. The lowest BCUT2D eigenvalue weighted by molar-refractivity contribution is -0.139. The Hall–Kier alpha value is -3.41. The third kappa shape index (κ3) is 7.56. The van der Waals surface area contributed by atoms with Gasteiger partial charge in [-0.15, -0.1) is 0 Å². The Morgan fingerprint density at radius 2 is 2.05 bits per heavy atom. The van der Waals surface area contributed by atoms with E-state index in [-0.39, 0.29) is 13.2 Å². The van der Waals surface area contributed by atoms with Gasteiger partial charge in [-0.25, -0.2) is 10.2 Å². The largest absolute Gasteiger partial charge is 0.487 e. The summed E-state index contributed by atoms with van der Waals surface area (Å²) in [5, 5.41) is 10.7. The van der Waals surface area contributed by atoms with E-state index in [0.29, 0.717) is 55.1 Å². The van der Waals surface area contributed by atoms with Gasteiger partial charge in [0.2, 0.25) is 0 Å². The van der Waals surface area contributed by atoms with E-state index in [0.717, 1.165) is 0 Å². The van der Waals surface area contributed by atoms with Crippen molar-refractivity contribution < 1.29 is 23.8 Å². The highest BCUT2D eigenvalue weighted by Crippen LogP contribution is 2.35. The van der Waals surface area contributed by atoms with Crippen LogP contribution in [0.4, 0.5) is 0 Å². The zero-order valence-corrected chi connectivity index (χ0v) is 23.8. The van der Waals surface area contributed by atoms with Crippen molar-refractivity contribution in [2.24, 2.45) is 5.10 Å². The highest BCUT2D eigenvalue weighted by atomic mass is 79.9. The molecule has 0 unspecified atom stereocenters. The number of hydrazone groups is 1. The van der Waals surface area contributed by atoms with Crippen molar-refractivity contribution in [2.75, 3.05) is 19.8 Å². The number of hydrogen-bond donors (Lipinski definition) is 3. The van der Waals surface area contributed by atoms with Crippen LogP contribution in [0.5, 0.6) is 11.5 Å². The number of thiocarbonyl (C=S) groups is 1. The highest BCUT2D eigenvalue weighted by molar-refractivity contribution is 9.10. The topological polar surface area (TPSA) is 110 Å². The molecule has 2 aromatic carbocycles. The molecule has 12 heteroatoms. The first-order valence-electron chi connectivity index (χ1n) is 11.5. The van der Waals surface area contributed by atoms with Crippen molar-refractivity contribution in [1.82, 2.24) is 16.1 Å². The van der Waals surface area contributed by atoms with Gasteiger partial charge in [-0.05, 0) is 65.8 Å². The Labute approximate surface area is 239 Å². The molecule has 38 heavy (non-hydrogen) atoms. The Morgan fingerprint density at radius 3 is 2.76 bits per heavy atom. The molecule has 1 aliphatic rings. The smallest absolute Gasteiger partial charge is 0.338 e. The van der Waals surface area contributed by atoms with E-state index >= 15 is 0 Å². The van der Waals surface area contributed by atoms with Gasteiger partial charge in [0.25, 0.3) is 5.91 Å². The third-order valence-electron chi connectivity index (χ3n) is 5.12. The Kier molecular flexibility index (Phi) is 10.7. The molecule has 0 saturated carbocycles. The second-order valence-electron chi connectivity index (χ2n) is 7.82. The molecule has 2 aromatic rings. The molecule has 1 aliphatic heterocycles. The summed E-state index contributed by atoms with van der Waals surface area (Å²) in [6.07, 6.45) is 3.06. The molecular weight excluding hydrogens is 596 g/mol. The minimum absolute atomic E-state index is 0.224. The van der Waals surface area contributed by atoms with Gasteiger partial charge in [0, 0.05) is 11.3 Å². The van der Waals surface area contributed by atoms with Crippen molar-refractivity contribution in [1.29, 1.82) is 0 Å². The first kappa shape index (κ1) is 29.2. The van der Waals surface area contributed by atoms with E-state index in [9.17, 15) is 9.59 Å². The van der Waals surface area contributed by atoms with Gasteiger partial charge >= 0.3 is 5.97 Å². The lowest BCUT2D eigenvalue weighted by Gasteiger charge is -2.30. The second kappa shape index (κ2) is 13.9. The molecule has 0 bridgehead atoms. The Morgan fingerprint density at radius 1 is 1.29 bits per heavy atom. The minimum atomic E-state index is -0.623. The average Bonchev–Trinajstić information content (AvgIpc) is 2.87. The predicted octanol–water partition coefficient (Wildman–Crippen LogP) is 4.55. The van der Waals surface area contributed by atoms with Crippen LogP contribution in [0.15, 0.2) is 69.9 Å². The van der Waals surface area contributed by atoms with Crippen LogP contribution in [0.25, 0.3) is 0 Å². The molecule has 0 aromatic heterocycles. The molecule has 0 fully saturated rings. The number of rotatable bonds is 11. The van der Waals surface area contributed by atoms with E-state index in [1.807, 2.05) is 0 Å². The number of benzene rings is 2. The molecule has 9 nitrogen and oxygen atoms in total. The van der Waals surface area contributed by atoms with Gasteiger partial charge in [-0.3, -0.25) is 4.79 Å². The van der Waals surface area contributed by atoms with Crippen molar-refractivity contribution in [3.63, 3.8) is 0 Å². The number of halogens is 2. The maximum absolute atomic E-state index is 12.7. The van der Waals surface area contributed by atoms with Gasteiger partial charge in [0.1, 0.15) is 12.4 Å². The van der Waals surface area contributed by atoms with Crippen LogP contribution in [0.2, 0.25) is 5.02 Å². The quantitative estimate of drug-likeness (QED) is 0.110. The number of nitrogens with one attached hydrogen (secondary N) is 3. The van der Waals surface area contributed by atoms with Crippen LogP contribution in [0, 0.1) is 0 Å². The number of carbonyl (C=O) groups excluding carboxylic acids is 2. The molecular formula is C26H26BrClN4O5S. The summed E-state index contributed by atoms with van der Waals surface area (Å²) < 4.78 is 17.2. The first-order chi connectivity index (χ1) is 18.2. The van der Waals surface area contributed by atoms with Crippen LogP contribution in [0.1, 0.15) is 31.0 Å². The summed E-state index contributed by atoms with van der Waals surface area (Å²) >= 11 is 15.0. The summed E-state index contributed by atoms with van der Waals surface area (Å²) in [4.78, 5) is 25.1. The third-order valence-corrected chi connectivity index (χ3v) is 6.21. The number of ether oxygens (including phenoxy) is 3. The minimum Gasteiger partial charge on any atom is -0.487 e. The molecule has 0 aliphatic carbocycles. The normalized spacial score (nSPS) is 14.9. The van der Waals surface area contributed by atoms with E-state index in [4.69, 9.17) is 38.0 Å². The molecule has 1 amide bonds. The van der Waals surface area contributed by atoms with Crippen molar-refractivity contribution in [2.45, 2.75) is 19.9 Å². The number of para-hydroxylation sites is 1. The lowest BCUT2D eigenvalue weighted by Crippen LogP contribution is -2.45. The zero-order chi connectivity index (χ0) is 27.7.